The van der Waals surface area contributed by atoms with Gasteiger partial charge in [0, 0.05) is 24.2 Å². The zero-order valence-electron chi connectivity index (χ0n) is 12.7. The first-order valence-electron chi connectivity index (χ1n) is 7.96. The Hall–Kier alpha value is -2.59. The van der Waals surface area contributed by atoms with Gasteiger partial charge in [0.25, 0.3) is 5.91 Å². The lowest BCUT2D eigenvalue weighted by Crippen LogP contribution is -2.36. The summed E-state index contributed by atoms with van der Waals surface area (Å²) in [6.07, 6.45) is 0. The predicted octanol–water partition coefficient (Wildman–Crippen LogP) is 3.15. The molecule has 1 saturated heterocycles. The molecule has 0 unspecified atom stereocenters. The average molecular weight is 304 g/mol. The lowest BCUT2D eigenvalue weighted by molar-refractivity contribution is 0.0951. The highest BCUT2D eigenvalue weighted by Gasteiger charge is 2.35. The Morgan fingerprint density at radius 3 is 2.39 bits per heavy atom. The van der Waals surface area contributed by atoms with Gasteiger partial charge in [0.05, 0.1) is 30.0 Å². The Bertz CT molecular complexity index is 875. The van der Waals surface area contributed by atoms with Gasteiger partial charge in [0.15, 0.2) is 0 Å². The fourth-order valence-corrected chi connectivity index (χ4v) is 3.65. The molecule has 5 rings (SSSR count). The molecule has 0 amide bonds. The summed E-state index contributed by atoms with van der Waals surface area (Å²) in [7, 11) is 0. The molecule has 0 radical (unpaired) electrons. The van der Waals surface area contributed by atoms with Crippen LogP contribution in [0.3, 0.4) is 0 Å². The number of ether oxygens (including phenoxy) is 1. The number of carbonyl (C=O) groups excluding carboxylic acids is 1. The van der Waals surface area contributed by atoms with E-state index in [4.69, 9.17) is 4.74 Å². The highest BCUT2D eigenvalue weighted by Crippen LogP contribution is 2.42. The number of morpholine rings is 1. The third-order valence-electron chi connectivity index (χ3n) is 4.81. The molecule has 4 nitrogen and oxygen atoms in total. The molecule has 0 N–H and O–H groups in total. The zero-order chi connectivity index (χ0) is 15.4. The second kappa shape index (κ2) is 4.70. The van der Waals surface area contributed by atoms with Crippen LogP contribution in [0.4, 0.5) is 5.69 Å². The molecule has 2 aliphatic rings. The maximum absolute atomic E-state index is 12.2. The molecular weight excluding hydrogens is 288 g/mol. The molecule has 1 aromatic heterocycles. The molecule has 0 saturated carbocycles. The van der Waals surface area contributed by atoms with Crippen molar-refractivity contribution in [3.8, 4) is 11.3 Å². The van der Waals surface area contributed by atoms with E-state index in [0.717, 1.165) is 54.0 Å². The van der Waals surface area contributed by atoms with Gasteiger partial charge in [0.2, 0.25) is 0 Å². The van der Waals surface area contributed by atoms with E-state index in [9.17, 15) is 4.79 Å². The minimum absolute atomic E-state index is 0.124. The first-order chi connectivity index (χ1) is 11.3. The quantitative estimate of drug-likeness (QED) is 0.570. The number of carbonyl (C=O) groups is 1. The number of aromatic nitrogens is 1. The molecule has 0 spiro atoms. The number of fused-ring (bicyclic) bond motifs is 5. The lowest BCUT2D eigenvalue weighted by Gasteiger charge is -2.29. The van der Waals surface area contributed by atoms with Gasteiger partial charge in [-0.25, -0.2) is 0 Å². The van der Waals surface area contributed by atoms with E-state index in [1.54, 1.807) is 0 Å². The Morgan fingerprint density at radius 1 is 0.913 bits per heavy atom. The van der Waals surface area contributed by atoms with Gasteiger partial charge in [-0.15, -0.1) is 0 Å². The Balaban J connectivity index is 1.55. The summed E-state index contributed by atoms with van der Waals surface area (Å²) in [5.41, 5.74) is 5.24. The van der Waals surface area contributed by atoms with Gasteiger partial charge in [-0.1, -0.05) is 30.3 Å². The van der Waals surface area contributed by atoms with E-state index in [1.807, 2.05) is 28.8 Å². The summed E-state index contributed by atoms with van der Waals surface area (Å²) in [4.78, 5) is 14.6. The van der Waals surface area contributed by atoms with Gasteiger partial charge in [0.1, 0.15) is 0 Å². The van der Waals surface area contributed by atoms with Crippen molar-refractivity contribution in [2.75, 3.05) is 31.2 Å². The van der Waals surface area contributed by atoms with E-state index < -0.39 is 0 Å². The Morgan fingerprint density at radius 2 is 1.65 bits per heavy atom. The number of nitrogens with zero attached hydrogens (tertiary/aromatic N) is 2. The zero-order valence-corrected chi connectivity index (χ0v) is 12.7. The highest BCUT2D eigenvalue weighted by molar-refractivity contribution is 6.26. The van der Waals surface area contributed by atoms with Crippen LogP contribution in [-0.2, 0) is 4.74 Å². The van der Waals surface area contributed by atoms with E-state index in [-0.39, 0.29) is 5.91 Å². The van der Waals surface area contributed by atoms with Crippen molar-refractivity contribution in [3.63, 3.8) is 0 Å². The first-order valence-corrected chi connectivity index (χ1v) is 7.96. The summed E-state index contributed by atoms with van der Waals surface area (Å²) in [5, 5.41) is 1.06. The van der Waals surface area contributed by atoms with Crippen molar-refractivity contribution >= 4 is 22.5 Å². The predicted molar refractivity (Wildman–Crippen MR) is 90.1 cm³/mol. The highest BCUT2D eigenvalue weighted by atomic mass is 16.5. The smallest absolute Gasteiger partial charge is 0.265 e. The van der Waals surface area contributed by atoms with E-state index in [0.29, 0.717) is 0 Å². The Labute approximate surface area is 133 Å². The van der Waals surface area contributed by atoms with Crippen LogP contribution in [0.15, 0.2) is 48.5 Å². The van der Waals surface area contributed by atoms with Gasteiger partial charge in [-0.05, 0) is 23.8 Å². The normalized spacial score (nSPS) is 16.7. The second-order valence-electron chi connectivity index (χ2n) is 6.03. The summed E-state index contributed by atoms with van der Waals surface area (Å²) >= 11 is 0. The number of para-hydroxylation sites is 1. The van der Waals surface area contributed by atoms with Crippen molar-refractivity contribution in [2.24, 2.45) is 0 Å². The molecular formula is C19H16N2O2. The molecule has 4 heteroatoms. The summed E-state index contributed by atoms with van der Waals surface area (Å²) in [5.74, 6) is 0.124. The fourth-order valence-electron chi connectivity index (χ4n) is 3.65. The minimum atomic E-state index is 0.124. The van der Waals surface area contributed by atoms with Gasteiger partial charge < -0.3 is 9.64 Å². The number of anilines is 1. The summed E-state index contributed by atoms with van der Waals surface area (Å²) in [6.45, 7) is 3.44. The molecule has 114 valence electrons. The largest absolute Gasteiger partial charge is 0.378 e. The van der Waals surface area contributed by atoms with Crippen LogP contribution in [0.25, 0.3) is 22.2 Å². The topological polar surface area (TPSA) is 34.5 Å². The lowest BCUT2D eigenvalue weighted by atomic mass is 10.0. The molecule has 2 aromatic carbocycles. The number of rotatable bonds is 2. The molecule has 3 heterocycles. The molecule has 1 fully saturated rings. The van der Waals surface area contributed by atoms with Gasteiger partial charge in [-0.3, -0.25) is 9.36 Å². The molecule has 3 aromatic rings. The molecule has 0 aliphatic carbocycles. The third-order valence-corrected chi connectivity index (χ3v) is 4.81. The maximum atomic E-state index is 12.2. The van der Waals surface area contributed by atoms with Crippen molar-refractivity contribution in [1.29, 1.82) is 0 Å². The SMILES string of the molecule is O=C1c2c(-c3ccc(N4CCOCC4)cc3)n1c1ccccc21. The second-order valence-corrected chi connectivity index (χ2v) is 6.03. The monoisotopic (exact) mass is 304 g/mol. The first kappa shape index (κ1) is 12.9. The van der Waals surface area contributed by atoms with Crippen molar-refractivity contribution < 1.29 is 9.53 Å². The van der Waals surface area contributed by atoms with Crippen LogP contribution in [0.5, 0.6) is 0 Å². The van der Waals surface area contributed by atoms with E-state index in [1.165, 1.54) is 5.69 Å². The Kier molecular flexibility index (Phi) is 2.64. The number of hydrogen-bond acceptors (Lipinski definition) is 3. The summed E-state index contributed by atoms with van der Waals surface area (Å²) < 4.78 is 7.23. The third kappa shape index (κ3) is 1.72. The maximum Gasteiger partial charge on any atom is 0.265 e. The van der Waals surface area contributed by atoms with Crippen LogP contribution in [0, 0.1) is 0 Å². The van der Waals surface area contributed by atoms with Crippen LogP contribution in [-0.4, -0.2) is 36.8 Å². The van der Waals surface area contributed by atoms with E-state index >= 15 is 0 Å². The van der Waals surface area contributed by atoms with Gasteiger partial charge >= 0.3 is 0 Å². The van der Waals surface area contributed by atoms with Crippen LogP contribution >= 0.6 is 0 Å². The van der Waals surface area contributed by atoms with E-state index in [2.05, 4.69) is 29.2 Å². The van der Waals surface area contributed by atoms with Crippen molar-refractivity contribution in [3.05, 3.63) is 54.1 Å². The minimum Gasteiger partial charge on any atom is -0.378 e. The molecule has 2 aliphatic heterocycles. The van der Waals surface area contributed by atoms with Crippen molar-refractivity contribution in [1.82, 2.24) is 4.57 Å². The number of hydrogen-bond donors (Lipinski definition) is 0. The fraction of sp³-hybridized carbons (Fsp3) is 0.211. The number of benzene rings is 2. The van der Waals surface area contributed by atoms with Gasteiger partial charge in [-0.2, -0.15) is 0 Å². The van der Waals surface area contributed by atoms with Crippen LogP contribution in [0.1, 0.15) is 10.4 Å². The average Bonchev–Trinajstić information content (AvgIpc) is 3.12. The van der Waals surface area contributed by atoms with Crippen LogP contribution in [0.2, 0.25) is 0 Å². The molecule has 23 heavy (non-hydrogen) atoms. The molecule has 2 bridgehead atoms. The molecule has 0 atom stereocenters. The standard InChI is InChI=1S/C19H16N2O2/c22-19-17-15-3-1-2-4-16(15)21(19)18(17)13-5-7-14(8-6-13)20-9-11-23-12-10-20/h1-8H,9-12H2. The van der Waals surface area contributed by atoms with Crippen molar-refractivity contribution in [2.45, 2.75) is 0 Å². The summed E-state index contributed by atoms with van der Waals surface area (Å²) in [6, 6.07) is 16.5. The van der Waals surface area contributed by atoms with Crippen LogP contribution < -0.4 is 4.90 Å².